The van der Waals surface area contributed by atoms with Gasteiger partial charge in [0.25, 0.3) is 0 Å². The summed E-state index contributed by atoms with van der Waals surface area (Å²) in [4.78, 5) is 31.2. The number of amides is 1. The van der Waals surface area contributed by atoms with Gasteiger partial charge in [0.15, 0.2) is 0 Å². The zero-order chi connectivity index (χ0) is 15.4. The minimum atomic E-state index is -0.873. The lowest BCUT2D eigenvalue weighted by Crippen LogP contribution is -2.37. The molecule has 1 heterocycles. The van der Waals surface area contributed by atoms with Crippen LogP contribution >= 0.6 is 0 Å². The number of rotatable bonds is 7. The van der Waals surface area contributed by atoms with Crippen LogP contribution in [-0.4, -0.2) is 59.0 Å². The summed E-state index contributed by atoms with van der Waals surface area (Å²) in [5, 5.41) is 8.97. The number of carboxylic acid groups (broad SMARTS) is 1. The van der Waals surface area contributed by atoms with Crippen LogP contribution in [0, 0.1) is 11.8 Å². The molecule has 6 heteroatoms. The van der Waals surface area contributed by atoms with Gasteiger partial charge in [0.1, 0.15) is 0 Å². The molecule has 1 fully saturated rings. The molecule has 21 heavy (non-hydrogen) atoms. The summed E-state index contributed by atoms with van der Waals surface area (Å²) in [6.07, 6.45) is 3.88. The first kappa shape index (κ1) is 15.4. The van der Waals surface area contributed by atoms with E-state index in [9.17, 15) is 9.59 Å². The van der Waals surface area contributed by atoms with Crippen LogP contribution in [0.1, 0.15) is 12.0 Å². The van der Waals surface area contributed by atoms with Crippen molar-refractivity contribution in [2.45, 2.75) is 13.0 Å². The molecule has 1 aromatic rings. The number of aromatic nitrogens is 1. The Morgan fingerprint density at radius 1 is 1.33 bits per heavy atom. The molecular weight excluding hydrogens is 270 g/mol. The van der Waals surface area contributed by atoms with Gasteiger partial charge in [-0.3, -0.25) is 14.6 Å². The van der Waals surface area contributed by atoms with Gasteiger partial charge in [-0.1, -0.05) is 6.07 Å². The molecule has 1 amide bonds. The highest BCUT2D eigenvalue weighted by Gasteiger charge is 2.49. The Balaban J connectivity index is 2.01. The monoisotopic (exact) mass is 291 g/mol. The number of carboxylic acids is 1. The molecule has 0 aromatic carbocycles. The Morgan fingerprint density at radius 3 is 2.62 bits per heavy atom. The molecule has 6 nitrogen and oxygen atoms in total. The summed E-state index contributed by atoms with van der Waals surface area (Å²) in [6.45, 7) is 1.81. The van der Waals surface area contributed by atoms with E-state index in [0.717, 1.165) is 12.1 Å². The maximum atomic E-state index is 12.5. The van der Waals surface area contributed by atoms with Crippen LogP contribution in [0.2, 0.25) is 0 Å². The van der Waals surface area contributed by atoms with E-state index >= 15 is 0 Å². The molecule has 0 saturated heterocycles. The van der Waals surface area contributed by atoms with Gasteiger partial charge in [-0.25, -0.2) is 0 Å². The standard InChI is InChI=1S/C15H21N3O3/c1-17(2)6-7-18(10-11-4-3-5-16-9-11)14(19)12-8-13(12)15(20)21/h3-5,9,12-13H,6-8,10H2,1-2H3,(H,20,21). The van der Waals surface area contributed by atoms with E-state index in [2.05, 4.69) is 4.98 Å². The molecule has 1 aromatic heterocycles. The van der Waals surface area contributed by atoms with Gasteiger partial charge >= 0.3 is 5.97 Å². The number of aliphatic carboxylic acids is 1. The third-order valence-electron chi connectivity index (χ3n) is 3.65. The maximum absolute atomic E-state index is 12.5. The van der Waals surface area contributed by atoms with Crippen molar-refractivity contribution >= 4 is 11.9 Å². The zero-order valence-corrected chi connectivity index (χ0v) is 12.4. The third-order valence-corrected chi connectivity index (χ3v) is 3.65. The van der Waals surface area contributed by atoms with Gasteiger partial charge in [0, 0.05) is 32.0 Å². The minimum Gasteiger partial charge on any atom is -0.481 e. The van der Waals surface area contributed by atoms with Crippen LogP contribution < -0.4 is 0 Å². The summed E-state index contributed by atoms with van der Waals surface area (Å²) < 4.78 is 0. The SMILES string of the molecule is CN(C)CCN(Cc1cccnc1)C(=O)C1CC1C(=O)O. The molecule has 0 bridgehead atoms. The Hall–Kier alpha value is -1.95. The van der Waals surface area contributed by atoms with Crippen molar-refractivity contribution in [1.82, 2.24) is 14.8 Å². The smallest absolute Gasteiger partial charge is 0.307 e. The van der Waals surface area contributed by atoms with Gasteiger partial charge < -0.3 is 14.9 Å². The lowest BCUT2D eigenvalue weighted by molar-refractivity contribution is -0.142. The highest BCUT2D eigenvalue weighted by molar-refractivity contribution is 5.89. The van der Waals surface area contributed by atoms with E-state index in [4.69, 9.17) is 5.11 Å². The zero-order valence-electron chi connectivity index (χ0n) is 12.4. The van der Waals surface area contributed by atoms with Crippen LogP contribution in [0.25, 0.3) is 0 Å². The first-order valence-electron chi connectivity index (χ1n) is 7.04. The molecule has 0 aliphatic heterocycles. The molecular formula is C15H21N3O3. The van der Waals surface area contributed by atoms with Crippen LogP contribution in [-0.2, 0) is 16.1 Å². The fourth-order valence-corrected chi connectivity index (χ4v) is 2.28. The molecule has 1 N–H and O–H groups in total. The van der Waals surface area contributed by atoms with Crippen LogP contribution in [0.4, 0.5) is 0 Å². The normalized spacial score (nSPS) is 20.3. The average Bonchev–Trinajstić information content (AvgIpc) is 3.24. The van der Waals surface area contributed by atoms with E-state index < -0.39 is 11.9 Å². The second kappa shape index (κ2) is 6.67. The Labute approximate surface area is 124 Å². The van der Waals surface area contributed by atoms with Gasteiger partial charge in [-0.05, 0) is 32.1 Å². The second-order valence-corrected chi connectivity index (χ2v) is 5.71. The minimum absolute atomic E-state index is 0.0619. The van der Waals surface area contributed by atoms with Crippen molar-refractivity contribution in [3.05, 3.63) is 30.1 Å². The summed E-state index contributed by atoms with van der Waals surface area (Å²) in [6, 6.07) is 3.76. The molecule has 1 aliphatic rings. The fraction of sp³-hybridized carbons (Fsp3) is 0.533. The number of hydrogen-bond acceptors (Lipinski definition) is 4. The summed E-state index contributed by atoms with van der Waals surface area (Å²) in [5.41, 5.74) is 0.956. The van der Waals surface area contributed by atoms with E-state index in [1.165, 1.54) is 0 Å². The van der Waals surface area contributed by atoms with Crippen molar-refractivity contribution in [1.29, 1.82) is 0 Å². The summed E-state index contributed by atoms with van der Waals surface area (Å²) >= 11 is 0. The molecule has 2 atom stereocenters. The third kappa shape index (κ3) is 4.26. The predicted octanol–water partition coefficient (Wildman–Crippen LogP) is 0.692. The van der Waals surface area contributed by atoms with E-state index in [1.54, 1.807) is 17.3 Å². The highest BCUT2D eigenvalue weighted by atomic mass is 16.4. The Morgan fingerprint density at radius 2 is 2.10 bits per heavy atom. The first-order valence-corrected chi connectivity index (χ1v) is 7.04. The number of likely N-dealkylation sites (N-methyl/N-ethyl adjacent to an activating group) is 1. The van der Waals surface area contributed by atoms with Crippen molar-refractivity contribution < 1.29 is 14.7 Å². The molecule has 1 aliphatic carbocycles. The molecule has 2 rings (SSSR count). The molecule has 0 radical (unpaired) electrons. The van der Waals surface area contributed by atoms with Crippen molar-refractivity contribution in [2.75, 3.05) is 27.2 Å². The Kier molecular flexibility index (Phi) is 4.90. The lowest BCUT2D eigenvalue weighted by Gasteiger charge is -2.24. The number of carbonyl (C=O) groups is 2. The number of carbonyl (C=O) groups excluding carboxylic acids is 1. The van der Waals surface area contributed by atoms with Crippen molar-refractivity contribution in [3.8, 4) is 0 Å². The summed E-state index contributed by atoms with van der Waals surface area (Å²) in [7, 11) is 3.90. The Bertz CT molecular complexity index is 504. The van der Waals surface area contributed by atoms with E-state index in [-0.39, 0.29) is 11.8 Å². The van der Waals surface area contributed by atoms with Crippen LogP contribution in [0.3, 0.4) is 0 Å². The lowest BCUT2D eigenvalue weighted by atomic mass is 10.2. The largest absolute Gasteiger partial charge is 0.481 e. The van der Waals surface area contributed by atoms with Crippen LogP contribution in [0.5, 0.6) is 0 Å². The van der Waals surface area contributed by atoms with E-state index in [1.807, 2.05) is 31.1 Å². The molecule has 114 valence electrons. The maximum Gasteiger partial charge on any atom is 0.307 e. The highest BCUT2D eigenvalue weighted by Crippen LogP contribution is 2.40. The molecule has 2 unspecified atom stereocenters. The second-order valence-electron chi connectivity index (χ2n) is 5.71. The summed E-state index contributed by atoms with van der Waals surface area (Å²) in [5.74, 6) is -1.80. The van der Waals surface area contributed by atoms with Gasteiger partial charge in [0.05, 0.1) is 11.8 Å². The molecule has 1 saturated carbocycles. The predicted molar refractivity (Wildman–Crippen MR) is 77.4 cm³/mol. The van der Waals surface area contributed by atoms with Gasteiger partial charge in [-0.2, -0.15) is 0 Å². The topological polar surface area (TPSA) is 73.7 Å². The van der Waals surface area contributed by atoms with Gasteiger partial charge in [-0.15, -0.1) is 0 Å². The first-order chi connectivity index (χ1) is 9.99. The van der Waals surface area contributed by atoms with E-state index in [0.29, 0.717) is 19.5 Å². The van der Waals surface area contributed by atoms with Crippen LogP contribution in [0.15, 0.2) is 24.5 Å². The fourth-order valence-electron chi connectivity index (χ4n) is 2.28. The molecule has 0 spiro atoms. The number of pyridine rings is 1. The van der Waals surface area contributed by atoms with Crippen molar-refractivity contribution in [3.63, 3.8) is 0 Å². The quantitative estimate of drug-likeness (QED) is 0.800. The number of hydrogen-bond donors (Lipinski definition) is 1. The number of nitrogens with zero attached hydrogens (tertiary/aromatic N) is 3. The van der Waals surface area contributed by atoms with Gasteiger partial charge in [0.2, 0.25) is 5.91 Å². The average molecular weight is 291 g/mol. The van der Waals surface area contributed by atoms with Crippen molar-refractivity contribution in [2.24, 2.45) is 11.8 Å².